The highest BCUT2D eigenvalue weighted by Crippen LogP contribution is 2.37. The molecule has 0 saturated heterocycles. The summed E-state index contributed by atoms with van der Waals surface area (Å²) < 4.78 is 12.3. The van der Waals surface area contributed by atoms with Gasteiger partial charge in [-0.25, -0.2) is 0 Å². The number of nitrogens with one attached hydrogen (secondary N) is 1. The van der Waals surface area contributed by atoms with E-state index in [2.05, 4.69) is 41.2 Å². The molecular formula is C19H23BrClNO2. The Labute approximate surface area is 157 Å². The second kappa shape index (κ2) is 9.30. The summed E-state index contributed by atoms with van der Waals surface area (Å²) in [7, 11) is 1.65. The van der Waals surface area contributed by atoms with Crippen molar-refractivity contribution in [3.05, 3.63) is 57.0 Å². The van der Waals surface area contributed by atoms with Gasteiger partial charge in [-0.15, -0.1) is 0 Å². The van der Waals surface area contributed by atoms with Crippen molar-refractivity contribution in [2.24, 2.45) is 0 Å². The molecule has 0 fully saturated rings. The standard InChI is InChI=1S/C19H23BrClNO2/c1-4-13(2)22-11-14-9-16(20)19(18(10-14)23-3)24-12-15-7-5-6-8-17(15)21/h5-10,13,22H,4,11-12H2,1-3H3/t13-/m0/s1. The van der Waals surface area contributed by atoms with E-state index in [1.165, 1.54) is 0 Å². The molecule has 0 aliphatic heterocycles. The van der Waals surface area contributed by atoms with E-state index in [4.69, 9.17) is 21.1 Å². The predicted molar refractivity (Wildman–Crippen MR) is 103 cm³/mol. The van der Waals surface area contributed by atoms with Crippen LogP contribution < -0.4 is 14.8 Å². The summed E-state index contributed by atoms with van der Waals surface area (Å²) in [5, 5.41) is 4.17. The molecule has 0 aromatic heterocycles. The smallest absolute Gasteiger partial charge is 0.175 e. The van der Waals surface area contributed by atoms with Crippen LogP contribution in [0.1, 0.15) is 31.4 Å². The first-order valence-electron chi connectivity index (χ1n) is 8.01. The number of rotatable bonds is 8. The van der Waals surface area contributed by atoms with Crippen molar-refractivity contribution >= 4 is 27.5 Å². The lowest BCUT2D eigenvalue weighted by molar-refractivity contribution is 0.282. The fourth-order valence-electron chi connectivity index (χ4n) is 2.22. The fraction of sp³-hybridized carbons (Fsp3) is 0.368. The number of ether oxygens (including phenoxy) is 2. The monoisotopic (exact) mass is 411 g/mol. The van der Waals surface area contributed by atoms with Crippen LogP contribution in [-0.4, -0.2) is 13.2 Å². The maximum absolute atomic E-state index is 6.18. The molecule has 130 valence electrons. The molecule has 0 aliphatic carbocycles. The number of benzene rings is 2. The summed E-state index contributed by atoms with van der Waals surface area (Å²) in [4.78, 5) is 0. The van der Waals surface area contributed by atoms with Gasteiger partial charge in [-0.2, -0.15) is 0 Å². The first-order chi connectivity index (χ1) is 11.5. The topological polar surface area (TPSA) is 30.5 Å². The molecule has 3 nitrogen and oxygen atoms in total. The third kappa shape index (κ3) is 5.13. The first kappa shape index (κ1) is 19.1. The van der Waals surface area contributed by atoms with Gasteiger partial charge in [0.2, 0.25) is 0 Å². The third-order valence-corrected chi connectivity index (χ3v) is 4.84. The molecule has 1 atom stereocenters. The summed E-state index contributed by atoms with van der Waals surface area (Å²) in [5.41, 5.74) is 2.08. The molecule has 0 unspecified atom stereocenters. The average Bonchev–Trinajstić information content (AvgIpc) is 2.59. The lowest BCUT2D eigenvalue weighted by atomic mass is 10.1. The van der Waals surface area contributed by atoms with Crippen LogP contribution in [0.3, 0.4) is 0 Å². The van der Waals surface area contributed by atoms with Gasteiger partial charge in [-0.1, -0.05) is 36.7 Å². The predicted octanol–water partition coefficient (Wildman–Crippen LogP) is 5.58. The van der Waals surface area contributed by atoms with E-state index in [-0.39, 0.29) is 0 Å². The van der Waals surface area contributed by atoms with Gasteiger partial charge in [0, 0.05) is 23.2 Å². The van der Waals surface area contributed by atoms with E-state index in [0.29, 0.717) is 29.2 Å². The second-order valence-electron chi connectivity index (χ2n) is 5.68. The number of hydrogen-bond acceptors (Lipinski definition) is 3. The van der Waals surface area contributed by atoms with Crippen molar-refractivity contribution < 1.29 is 9.47 Å². The zero-order chi connectivity index (χ0) is 17.5. The molecule has 0 bridgehead atoms. The van der Waals surface area contributed by atoms with Crippen LogP contribution in [0.4, 0.5) is 0 Å². The quantitative estimate of drug-likeness (QED) is 0.614. The van der Waals surface area contributed by atoms with Crippen LogP contribution >= 0.6 is 27.5 Å². The highest BCUT2D eigenvalue weighted by Gasteiger charge is 2.13. The Morgan fingerprint density at radius 3 is 2.67 bits per heavy atom. The minimum atomic E-state index is 0.388. The molecule has 0 saturated carbocycles. The Morgan fingerprint density at radius 1 is 1.25 bits per heavy atom. The van der Waals surface area contributed by atoms with Crippen molar-refractivity contribution in [1.29, 1.82) is 0 Å². The molecule has 0 radical (unpaired) electrons. The van der Waals surface area contributed by atoms with Crippen LogP contribution in [0, 0.1) is 0 Å². The van der Waals surface area contributed by atoms with Gasteiger partial charge in [-0.3, -0.25) is 0 Å². The second-order valence-corrected chi connectivity index (χ2v) is 6.94. The maximum atomic E-state index is 6.18. The number of hydrogen-bond donors (Lipinski definition) is 1. The Hall–Kier alpha value is -1.23. The summed E-state index contributed by atoms with van der Waals surface area (Å²) in [5.74, 6) is 1.39. The average molecular weight is 413 g/mol. The zero-order valence-corrected chi connectivity index (χ0v) is 16.6. The van der Waals surface area contributed by atoms with Gasteiger partial charge >= 0.3 is 0 Å². The van der Waals surface area contributed by atoms with Gasteiger partial charge in [-0.05, 0) is 53.0 Å². The van der Waals surface area contributed by atoms with Gasteiger partial charge in [0.1, 0.15) is 6.61 Å². The van der Waals surface area contributed by atoms with Crippen LogP contribution in [0.15, 0.2) is 40.9 Å². The third-order valence-electron chi connectivity index (χ3n) is 3.89. The molecule has 0 spiro atoms. The van der Waals surface area contributed by atoms with Crippen LogP contribution in [0.5, 0.6) is 11.5 Å². The molecule has 5 heteroatoms. The summed E-state index contributed by atoms with van der Waals surface area (Å²) >= 11 is 9.77. The molecule has 24 heavy (non-hydrogen) atoms. The van der Waals surface area contributed by atoms with Crippen LogP contribution in [-0.2, 0) is 13.2 Å². The van der Waals surface area contributed by atoms with Crippen molar-refractivity contribution in [2.45, 2.75) is 39.5 Å². The minimum Gasteiger partial charge on any atom is -0.493 e. The van der Waals surface area contributed by atoms with Gasteiger partial charge in [0.15, 0.2) is 11.5 Å². The summed E-state index contributed by atoms with van der Waals surface area (Å²) in [6.07, 6.45) is 1.09. The summed E-state index contributed by atoms with van der Waals surface area (Å²) in [6.45, 7) is 5.51. The molecule has 2 aromatic rings. The SMILES string of the molecule is CC[C@H](C)NCc1cc(Br)c(OCc2ccccc2Cl)c(OC)c1. The van der Waals surface area contributed by atoms with Crippen LogP contribution in [0.2, 0.25) is 5.02 Å². The molecule has 0 heterocycles. The Bertz CT molecular complexity index is 678. The fourth-order valence-corrected chi connectivity index (χ4v) is 3.01. The molecule has 0 aliphatic rings. The molecule has 0 amide bonds. The molecule has 2 rings (SSSR count). The Kier molecular flexibility index (Phi) is 7.40. The maximum Gasteiger partial charge on any atom is 0.175 e. The Morgan fingerprint density at radius 2 is 2.00 bits per heavy atom. The largest absolute Gasteiger partial charge is 0.493 e. The van der Waals surface area contributed by atoms with Crippen molar-refractivity contribution in [3.8, 4) is 11.5 Å². The van der Waals surface area contributed by atoms with E-state index in [9.17, 15) is 0 Å². The van der Waals surface area contributed by atoms with E-state index in [1.54, 1.807) is 7.11 Å². The minimum absolute atomic E-state index is 0.388. The first-order valence-corrected chi connectivity index (χ1v) is 9.18. The van der Waals surface area contributed by atoms with E-state index in [0.717, 1.165) is 28.6 Å². The van der Waals surface area contributed by atoms with E-state index >= 15 is 0 Å². The molecular weight excluding hydrogens is 390 g/mol. The normalized spacial score (nSPS) is 12.0. The van der Waals surface area contributed by atoms with E-state index < -0.39 is 0 Å². The van der Waals surface area contributed by atoms with Crippen LogP contribution in [0.25, 0.3) is 0 Å². The Balaban J connectivity index is 2.13. The number of halogens is 2. The number of methoxy groups -OCH3 is 1. The zero-order valence-electron chi connectivity index (χ0n) is 14.2. The highest BCUT2D eigenvalue weighted by atomic mass is 79.9. The highest BCUT2D eigenvalue weighted by molar-refractivity contribution is 9.10. The van der Waals surface area contributed by atoms with Gasteiger partial charge in [0.25, 0.3) is 0 Å². The summed E-state index contributed by atoms with van der Waals surface area (Å²) in [6, 6.07) is 12.2. The van der Waals surface area contributed by atoms with Gasteiger partial charge < -0.3 is 14.8 Å². The lowest BCUT2D eigenvalue weighted by Gasteiger charge is -2.16. The van der Waals surface area contributed by atoms with Crippen molar-refractivity contribution in [3.63, 3.8) is 0 Å². The molecule has 2 aromatic carbocycles. The van der Waals surface area contributed by atoms with Crippen molar-refractivity contribution in [1.82, 2.24) is 5.32 Å². The van der Waals surface area contributed by atoms with Crippen molar-refractivity contribution in [2.75, 3.05) is 7.11 Å². The molecule has 1 N–H and O–H groups in total. The lowest BCUT2D eigenvalue weighted by Crippen LogP contribution is -2.24. The van der Waals surface area contributed by atoms with E-state index in [1.807, 2.05) is 30.3 Å². The van der Waals surface area contributed by atoms with Gasteiger partial charge in [0.05, 0.1) is 11.6 Å².